The number of carbonyl (C=O) groups excluding carboxylic acids is 1. The van der Waals surface area contributed by atoms with Gasteiger partial charge in [0.1, 0.15) is 23.9 Å². The number of benzene rings is 2. The summed E-state index contributed by atoms with van der Waals surface area (Å²) in [5.74, 6) is -0.114. The zero-order valence-electron chi connectivity index (χ0n) is 10.5. The monoisotopic (exact) mass is 273 g/mol. The minimum Gasteiger partial charge on any atom is -0.508 e. The van der Waals surface area contributed by atoms with Crippen LogP contribution in [0.2, 0.25) is 0 Å². The second-order valence-corrected chi connectivity index (χ2v) is 4.57. The predicted octanol–water partition coefficient (Wildman–Crippen LogP) is 2.39. The highest BCUT2D eigenvalue weighted by atomic mass is 19.1. The third-order valence-electron chi connectivity index (χ3n) is 3.17. The summed E-state index contributed by atoms with van der Waals surface area (Å²) < 4.78 is 18.6. The molecule has 2 aromatic carbocycles. The summed E-state index contributed by atoms with van der Waals surface area (Å²) in [5.41, 5.74) is 0.966. The van der Waals surface area contributed by atoms with Crippen LogP contribution in [0.3, 0.4) is 0 Å². The van der Waals surface area contributed by atoms with Crippen LogP contribution in [0.5, 0.6) is 11.5 Å². The first kappa shape index (κ1) is 12.5. The van der Waals surface area contributed by atoms with E-state index < -0.39 is 6.04 Å². The first-order valence-electron chi connectivity index (χ1n) is 6.15. The Morgan fingerprint density at radius 2 is 2.15 bits per heavy atom. The lowest BCUT2D eigenvalue weighted by atomic mass is 10.1. The van der Waals surface area contributed by atoms with Crippen LogP contribution in [0.1, 0.15) is 22.0 Å². The van der Waals surface area contributed by atoms with Crippen LogP contribution in [-0.2, 0) is 0 Å². The van der Waals surface area contributed by atoms with Gasteiger partial charge < -0.3 is 15.2 Å². The van der Waals surface area contributed by atoms with Crippen molar-refractivity contribution in [2.45, 2.75) is 6.04 Å². The quantitative estimate of drug-likeness (QED) is 0.883. The van der Waals surface area contributed by atoms with Crippen molar-refractivity contribution in [2.24, 2.45) is 0 Å². The molecule has 1 atom stereocenters. The van der Waals surface area contributed by atoms with Crippen molar-refractivity contribution in [2.75, 3.05) is 6.61 Å². The van der Waals surface area contributed by atoms with Gasteiger partial charge in [0.05, 0.1) is 6.04 Å². The van der Waals surface area contributed by atoms with Gasteiger partial charge in [-0.1, -0.05) is 6.07 Å². The topological polar surface area (TPSA) is 58.6 Å². The highest BCUT2D eigenvalue weighted by Gasteiger charge is 2.26. The summed E-state index contributed by atoms with van der Waals surface area (Å²) in [4.78, 5) is 12.1. The second-order valence-electron chi connectivity index (χ2n) is 4.57. The molecule has 0 aromatic heterocycles. The molecule has 102 valence electrons. The minimum absolute atomic E-state index is 0.0202. The zero-order chi connectivity index (χ0) is 14.1. The van der Waals surface area contributed by atoms with E-state index >= 15 is 0 Å². The van der Waals surface area contributed by atoms with E-state index in [-0.39, 0.29) is 24.1 Å². The molecule has 1 aliphatic heterocycles. The van der Waals surface area contributed by atoms with Crippen molar-refractivity contribution in [3.05, 3.63) is 59.4 Å². The maximum atomic E-state index is 13.2. The Kier molecular flexibility index (Phi) is 3.02. The second kappa shape index (κ2) is 4.85. The molecule has 0 radical (unpaired) electrons. The summed E-state index contributed by atoms with van der Waals surface area (Å²) in [6, 6.07) is 9.87. The third kappa shape index (κ3) is 2.30. The number of aromatic hydroxyl groups is 1. The number of rotatable bonds is 2. The lowest BCUT2D eigenvalue weighted by Crippen LogP contribution is -2.29. The molecule has 4 nitrogen and oxygen atoms in total. The van der Waals surface area contributed by atoms with Crippen molar-refractivity contribution >= 4 is 5.91 Å². The maximum Gasteiger partial charge on any atom is 0.252 e. The molecule has 20 heavy (non-hydrogen) atoms. The Balaban J connectivity index is 1.80. The summed E-state index contributed by atoms with van der Waals surface area (Å²) in [5, 5.41) is 12.1. The average molecular weight is 273 g/mol. The fourth-order valence-corrected chi connectivity index (χ4v) is 2.19. The smallest absolute Gasteiger partial charge is 0.252 e. The molecule has 0 aliphatic carbocycles. The van der Waals surface area contributed by atoms with Crippen LogP contribution < -0.4 is 10.1 Å². The Labute approximate surface area is 114 Å². The molecular formula is C15H12FNO3. The molecule has 1 unspecified atom stereocenters. The SMILES string of the molecule is O=C(NC1COc2ccc(F)cc21)c1cccc(O)c1. The van der Waals surface area contributed by atoms with E-state index in [4.69, 9.17) is 4.74 Å². The fraction of sp³-hybridized carbons (Fsp3) is 0.133. The number of amides is 1. The van der Waals surface area contributed by atoms with E-state index in [0.29, 0.717) is 16.9 Å². The van der Waals surface area contributed by atoms with Gasteiger partial charge in [-0.3, -0.25) is 4.79 Å². The van der Waals surface area contributed by atoms with Crippen LogP contribution in [0.25, 0.3) is 0 Å². The van der Waals surface area contributed by atoms with Crippen molar-refractivity contribution in [3.63, 3.8) is 0 Å². The molecule has 0 saturated heterocycles. The normalized spacial score (nSPS) is 16.4. The number of phenols is 1. The highest BCUT2D eigenvalue weighted by Crippen LogP contribution is 2.32. The van der Waals surface area contributed by atoms with Crippen molar-refractivity contribution in [1.29, 1.82) is 0 Å². The summed E-state index contributed by atoms with van der Waals surface area (Å²) in [7, 11) is 0. The predicted molar refractivity (Wildman–Crippen MR) is 70.2 cm³/mol. The van der Waals surface area contributed by atoms with Crippen LogP contribution >= 0.6 is 0 Å². The molecule has 2 aromatic rings. The Morgan fingerprint density at radius 3 is 2.95 bits per heavy atom. The van der Waals surface area contributed by atoms with Gasteiger partial charge in [-0.15, -0.1) is 0 Å². The number of ether oxygens (including phenoxy) is 1. The van der Waals surface area contributed by atoms with Gasteiger partial charge in [0.25, 0.3) is 5.91 Å². The van der Waals surface area contributed by atoms with E-state index in [1.54, 1.807) is 18.2 Å². The summed E-state index contributed by atoms with van der Waals surface area (Å²) >= 11 is 0. The molecule has 0 spiro atoms. The Morgan fingerprint density at radius 1 is 1.30 bits per heavy atom. The molecule has 1 aliphatic rings. The number of halogens is 1. The van der Waals surface area contributed by atoms with E-state index in [9.17, 15) is 14.3 Å². The van der Waals surface area contributed by atoms with Crippen LogP contribution in [0.15, 0.2) is 42.5 Å². The number of hydrogen-bond donors (Lipinski definition) is 2. The minimum atomic E-state index is -0.393. The highest BCUT2D eigenvalue weighted by molar-refractivity contribution is 5.94. The van der Waals surface area contributed by atoms with Crippen LogP contribution in [0.4, 0.5) is 4.39 Å². The van der Waals surface area contributed by atoms with Gasteiger partial charge in [0, 0.05) is 11.1 Å². The zero-order valence-corrected chi connectivity index (χ0v) is 10.5. The molecule has 5 heteroatoms. The van der Waals surface area contributed by atoms with Gasteiger partial charge in [-0.25, -0.2) is 4.39 Å². The van der Waals surface area contributed by atoms with Gasteiger partial charge in [0.2, 0.25) is 0 Å². The number of carbonyl (C=O) groups is 1. The van der Waals surface area contributed by atoms with Crippen LogP contribution in [0, 0.1) is 5.82 Å². The first-order valence-corrected chi connectivity index (χ1v) is 6.15. The van der Waals surface area contributed by atoms with E-state index in [1.807, 2.05) is 0 Å². The van der Waals surface area contributed by atoms with Gasteiger partial charge in [-0.05, 0) is 36.4 Å². The van der Waals surface area contributed by atoms with E-state index in [0.717, 1.165) is 0 Å². The first-order chi connectivity index (χ1) is 9.63. The maximum absolute atomic E-state index is 13.2. The molecular weight excluding hydrogens is 261 g/mol. The Bertz CT molecular complexity index is 672. The molecule has 1 heterocycles. The lowest BCUT2D eigenvalue weighted by molar-refractivity contribution is 0.0930. The number of nitrogens with one attached hydrogen (secondary N) is 1. The van der Waals surface area contributed by atoms with Gasteiger partial charge in [-0.2, -0.15) is 0 Å². The van der Waals surface area contributed by atoms with Crippen molar-refractivity contribution < 1.29 is 19.0 Å². The number of phenolic OH excluding ortho intramolecular Hbond substituents is 1. The largest absolute Gasteiger partial charge is 0.508 e. The Hall–Kier alpha value is -2.56. The number of fused-ring (bicyclic) bond motifs is 1. The molecule has 0 bridgehead atoms. The van der Waals surface area contributed by atoms with Crippen molar-refractivity contribution in [1.82, 2.24) is 5.32 Å². The summed E-state index contributed by atoms with van der Waals surface area (Å²) in [6.07, 6.45) is 0. The van der Waals surface area contributed by atoms with Crippen LogP contribution in [-0.4, -0.2) is 17.6 Å². The molecule has 0 fully saturated rings. The molecule has 0 saturated carbocycles. The van der Waals surface area contributed by atoms with E-state index in [2.05, 4.69) is 5.32 Å². The molecule has 2 N–H and O–H groups in total. The average Bonchev–Trinajstić information content (AvgIpc) is 2.81. The van der Waals surface area contributed by atoms with Crippen molar-refractivity contribution in [3.8, 4) is 11.5 Å². The number of hydrogen-bond acceptors (Lipinski definition) is 3. The molecule has 1 amide bonds. The van der Waals surface area contributed by atoms with E-state index in [1.165, 1.54) is 24.3 Å². The molecule has 3 rings (SSSR count). The third-order valence-corrected chi connectivity index (χ3v) is 3.17. The summed E-state index contributed by atoms with van der Waals surface area (Å²) in [6.45, 7) is 0.267. The fourth-order valence-electron chi connectivity index (χ4n) is 2.19. The van der Waals surface area contributed by atoms with Gasteiger partial charge >= 0.3 is 0 Å². The lowest BCUT2D eigenvalue weighted by Gasteiger charge is -2.12. The van der Waals surface area contributed by atoms with Gasteiger partial charge in [0.15, 0.2) is 0 Å². The standard InChI is InChI=1S/C15H12FNO3/c16-10-4-5-14-12(7-10)13(8-20-14)17-15(19)9-2-1-3-11(18)6-9/h1-7,13,18H,8H2,(H,17,19).